The van der Waals surface area contributed by atoms with Crippen molar-refractivity contribution in [1.82, 2.24) is 9.78 Å². The Kier molecular flexibility index (Phi) is 4.66. The number of aromatic nitrogens is 2. The van der Waals surface area contributed by atoms with Crippen molar-refractivity contribution in [1.29, 1.82) is 0 Å². The highest BCUT2D eigenvalue weighted by Crippen LogP contribution is 2.30. The molecule has 2 aromatic carbocycles. The van der Waals surface area contributed by atoms with Crippen LogP contribution < -0.4 is 4.72 Å². The van der Waals surface area contributed by atoms with E-state index in [1.807, 2.05) is 48.7 Å². The summed E-state index contributed by atoms with van der Waals surface area (Å²) in [7, 11) is -3.85. The normalized spacial score (nSPS) is 11.5. The molecule has 0 atom stereocenters. The van der Waals surface area contributed by atoms with Crippen LogP contribution in [0.25, 0.3) is 16.3 Å². The number of benzene rings is 2. The standard InChI is InChI=1S/C20H17N3O3S2/c1-14-5-2-3-6-18(14)23-20(13-17(21-23)19-7-4-12-27-19)22-28(25,26)16-10-8-15(24)9-11-16/h2-13,22,24H,1H3. The quantitative estimate of drug-likeness (QED) is 0.509. The number of aromatic hydroxyl groups is 1. The maximum absolute atomic E-state index is 12.8. The maximum atomic E-state index is 12.8. The molecule has 0 amide bonds. The molecule has 2 N–H and O–H groups in total. The lowest BCUT2D eigenvalue weighted by Gasteiger charge is -2.12. The minimum atomic E-state index is -3.85. The monoisotopic (exact) mass is 411 g/mol. The van der Waals surface area contributed by atoms with Crippen molar-refractivity contribution >= 4 is 27.2 Å². The van der Waals surface area contributed by atoms with Crippen LogP contribution in [0.1, 0.15) is 5.56 Å². The average Bonchev–Trinajstić information content (AvgIpc) is 3.32. The Labute approximate surface area is 166 Å². The Balaban J connectivity index is 1.81. The number of thiophene rings is 1. The van der Waals surface area contributed by atoms with Gasteiger partial charge >= 0.3 is 0 Å². The molecule has 2 heterocycles. The Morgan fingerprint density at radius 3 is 2.46 bits per heavy atom. The minimum absolute atomic E-state index is 0.00360. The first-order chi connectivity index (χ1) is 13.4. The number of hydrogen-bond donors (Lipinski definition) is 2. The van der Waals surface area contributed by atoms with Gasteiger partial charge in [-0.3, -0.25) is 4.72 Å². The molecule has 0 bridgehead atoms. The Morgan fingerprint density at radius 1 is 1.04 bits per heavy atom. The lowest BCUT2D eigenvalue weighted by atomic mass is 10.2. The first-order valence-corrected chi connectivity index (χ1v) is 10.8. The number of para-hydroxylation sites is 1. The lowest BCUT2D eigenvalue weighted by molar-refractivity contribution is 0.475. The van der Waals surface area contributed by atoms with Gasteiger partial charge in [0.25, 0.3) is 10.0 Å². The van der Waals surface area contributed by atoms with Crippen LogP contribution in [0.2, 0.25) is 0 Å². The predicted octanol–water partition coefficient (Wildman–Crippen LogP) is 4.42. The molecule has 0 fully saturated rings. The summed E-state index contributed by atoms with van der Waals surface area (Å²) in [5.74, 6) is 0.342. The first kappa shape index (κ1) is 18.3. The Morgan fingerprint density at radius 2 is 1.79 bits per heavy atom. The molecule has 8 heteroatoms. The molecule has 0 aliphatic rings. The molecule has 4 aromatic rings. The molecule has 0 saturated heterocycles. The second-order valence-electron chi connectivity index (χ2n) is 6.19. The van der Waals surface area contributed by atoms with Crippen molar-refractivity contribution in [2.75, 3.05) is 4.72 Å². The van der Waals surface area contributed by atoms with E-state index >= 15 is 0 Å². The van der Waals surface area contributed by atoms with Crippen LogP contribution in [0.4, 0.5) is 5.82 Å². The number of phenols is 1. The van der Waals surface area contributed by atoms with Gasteiger partial charge in [0.2, 0.25) is 0 Å². The highest BCUT2D eigenvalue weighted by atomic mass is 32.2. The summed E-state index contributed by atoms with van der Waals surface area (Å²) >= 11 is 1.53. The average molecular weight is 412 g/mol. The maximum Gasteiger partial charge on any atom is 0.263 e. The van der Waals surface area contributed by atoms with Gasteiger partial charge in [0, 0.05) is 6.07 Å². The number of sulfonamides is 1. The number of phenolic OH excluding ortho intramolecular Hbond substituents is 1. The molecule has 0 aliphatic heterocycles. The van der Waals surface area contributed by atoms with Crippen molar-refractivity contribution in [2.45, 2.75) is 11.8 Å². The highest BCUT2D eigenvalue weighted by molar-refractivity contribution is 7.92. The van der Waals surface area contributed by atoms with Crippen LogP contribution in [-0.4, -0.2) is 23.3 Å². The van der Waals surface area contributed by atoms with E-state index in [0.717, 1.165) is 16.1 Å². The number of rotatable bonds is 5. The summed E-state index contributed by atoms with van der Waals surface area (Å²) in [6.07, 6.45) is 0. The van der Waals surface area contributed by atoms with Crippen LogP contribution in [0.3, 0.4) is 0 Å². The third-order valence-corrected chi connectivity index (χ3v) is 6.48. The van der Waals surface area contributed by atoms with E-state index in [-0.39, 0.29) is 10.6 Å². The van der Waals surface area contributed by atoms with E-state index in [9.17, 15) is 13.5 Å². The fourth-order valence-electron chi connectivity index (χ4n) is 2.81. The van der Waals surface area contributed by atoms with Crippen molar-refractivity contribution in [2.24, 2.45) is 0 Å². The number of anilines is 1. The highest BCUT2D eigenvalue weighted by Gasteiger charge is 2.20. The largest absolute Gasteiger partial charge is 0.508 e. The van der Waals surface area contributed by atoms with Gasteiger partial charge in [0.05, 0.1) is 15.5 Å². The summed E-state index contributed by atoms with van der Waals surface area (Å²) in [6.45, 7) is 1.94. The van der Waals surface area contributed by atoms with E-state index in [2.05, 4.69) is 9.82 Å². The second kappa shape index (κ2) is 7.14. The predicted molar refractivity (Wildman–Crippen MR) is 111 cm³/mol. The molecule has 0 aliphatic carbocycles. The number of nitrogens with one attached hydrogen (secondary N) is 1. The van der Waals surface area contributed by atoms with Gasteiger partial charge in [0.1, 0.15) is 17.3 Å². The number of nitrogens with zero attached hydrogens (tertiary/aromatic N) is 2. The zero-order valence-electron chi connectivity index (χ0n) is 14.9. The molecule has 28 heavy (non-hydrogen) atoms. The summed E-state index contributed by atoms with van der Waals surface area (Å²) in [5.41, 5.74) is 2.43. The fourth-order valence-corrected chi connectivity index (χ4v) is 4.52. The van der Waals surface area contributed by atoms with Gasteiger partial charge < -0.3 is 5.11 Å². The van der Waals surface area contributed by atoms with Crippen LogP contribution in [0.5, 0.6) is 5.75 Å². The summed E-state index contributed by atoms with van der Waals surface area (Å²) in [5, 5.41) is 16.0. The molecular weight excluding hydrogens is 394 g/mol. The Hall–Kier alpha value is -3.10. The van der Waals surface area contributed by atoms with Gasteiger partial charge in [-0.2, -0.15) is 5.10 Å². The van der Waals surface area contributed by atoms with E-state index in [4.69, 9.17) is 0 Å². The van der Waals surface area contributed by atoms with E-state index < -0.39 is 10.0 Å². The fraction of sp³-hybridized carbons (Fsp3) is 0.0500. The van der Waals surface area contributed by atoms with Gasteiger partial charge in [0.15, 0.2) is 0 Å². The SMILES string of the molecule is Cc1ccccc1-n1nc(-c2cccs2)cc1NS(=O)(=O)c1ccc(O)cc1. The Bertz CT molecular complexity index is 1210. The zero-order valence-corrected chi connectivity index (χ0v) is 16.5. The van der Waals surface area contributed by atoms with Crippen molar-refractivity contribution in [3.8, 4) is 22.0 Å². The molecule has 6 nitrogen and oxygen atoms in total. The number of hydrogen-bond acceptors (Lipinski definition) is 5. The summed E-state index contributed by atoms with van der Waals surface area (Å²) in [4.78, 5) is 0.998. The van der Waals surface area contributed by atoms with Gasteiger partial charge in [-0.1, -0.05) is 24.3 Å². The minimum Gasteiger partial charge on any atom is -0.508 e. The number of aryl methyl sites for hydroxylation is 1. The molecular formula is C20H17N3O3S2. The zero-order chi connectivity index (χ0) is 19.7. The second-order valence-corrected chi connectivity index (χ2v) is 8.82. The topological polar surface area (TPSA) is 84.2 Å². The molecule has 0 spiro atoms. The molecule has 4 rings (SSSR count). The van der Waals surface area contributed by atoms with Crippen molar-refractivity contribution in [3.63, 3.8) is 0 Å². The smallest absolute Gasteiger partial charge is 0.263 e. The molecule has 0 saturated carbocycles. The van der Waals surface area contributed by atoms with E-state index in [1.54, 1.807) is 10.7 Å². The first-order valence-electron chi connectivity index (χ1n) is 8.46. The molecule has 0 radical (unpaired) electrons. The van der Waals surface area contributed by atoms with Crippen molar-refractivity contribution < 1.29 is 13.5 Å². The molecule has 142 valence electrons. The summed E-state index contributed by atoms with van der Waals surface area (Å²) in [6, 6.07) is 18.6. The van der Waals surface area contributed by atoms with E-state index in [0.29, 0.717) is 11.5 Å². The lowest BCUT2D eigenvalue weighted by Crippen LogP contribution is -2.16. The van der Waals surface area contributed by atoms with Crippen LogP contribution in [0.15, 0.2) is 77.0 Å². The van der Waals surface area contributed by atoms with Gasteiger partial charge in [-0.25, -0.2) is 13.1 Å². The van der Waals surface area contributed by atoms with Gasteiger partial charge in [-0.05, 0) is 54.3 Å². The molecule has 0 unspecified atom stereocenters. The van der Waals surface area contributed by atoms with Crippen LogP contribution >= 0.6 is 11.3 Å². The third-order valence-electron chi connectivity index (χ3n) is 4.21. The van der Waals surface area contributed by atoms with E-state index in [1.165, 1.54) is 35.6 Å². The van der Waals surface area contributed by atoms with Crippen molar-refractivity contribution in [3.05, 3.63) is 77.7 Å². The molecule has 2 aromatic heterocycles. The summed E-state index contributed by atoms with van der Waals surface area (Å²) < 4.78 is 29.9. The van der Waals surface area contributed by atoms with Crippen LogP contribution in [-0.2, 0) is 10.0 Å². The van der Waals surface area contributed by atoms with Crippen LogP contribution in [0, 0.1) is 6.92 Å². The third kappa shape index (κ3) is 3.51. The van der Waals surface area contributed by atoms with Gasteiger partial charge in [-0.15, -0.1) is 11.3 Å².